The second-order valence-electron chi connectivity index (χ2n) is 6.69. The Hall–Kier alpha value is -0.383. The van der Waals surface area contributed by atoms with Crippen molar-refractivity contribution in [1.82, 2.24) is 0 Å². The molecule has 0 spiro atoms. The van der Waals surface area contributed by atoms with Crippen molar-refractivity contribution in [2.75, 3.05) is 13.2 Å². The van der Waals surface area contributed by atoms with Crippen LogP contribution in [0.25, 0.3) is 0 Å². The second kappa shape index (κ2) is 6.69. The highest BCUT2D eigenvalue weighted by Crippen LogP contribution is 2.47. The molecule has 4 unspecified atom stereocenters. The minimum absolute atomic E-state index is 0.233. The van der Waals surface area contributed by atoms with Gasteiger partial charge in [-0.2, -0.15) is 0 Å². The number of fused-ring (bicyclic) bond motifs is 2. The summed E-state index contributed by atoms with van der Waals surface area (Å²) in [5.41, 5.74) is 0. The van der Waals surface area contributed by atoms with Gasteiger partial charge in [-0.05, 0) is 36.1 Å². The first-order valence-electron chi connectivity index (χ1n) is 6.94. The third kappa shape index (κ3) is 4.07. The van der Waals surface area contributed by atoms with Gasteiger partial charge in [-0.3, -0.25) is 0 Å². The van der Waals surface area contributed by atoms with Crippen LogP contribution in [0.15, 0.2) is 24.8 Å². The lowest BCUT2D eigenvalue weighted by molar-refractivity contribution is 0.112. The lowest BCUT2D eigenvalue weighted by Gasteiger charge is -2.23. The predicted octanol–water partition coefficient (Wildman–Crippen LogP) is 2.92. The quantitative estimate of drug-likeness (QED) is 0.608. The molecule has 104 valence electrons. The summed E-state index contributed by atoms with van der Waals surface area (Å²) in [4.78, 5) is 0. The molecule has 2 aliphatic carbocycles. The van der Waals surface area contributed by atoms with E-state index in [1.165, 1.54) is 6.04 Å². The monoisotopic (exact) mass is 268 g/mol. The minimum atomic E-state index is -0.775. The maximum Gasteiger partial charge on any atom is 0.0480 e. The Kier molecular flexibility index (Phi) is 5.82. The first kappa shape index (κ1) is 15.7. The Morgan fingerprint density at radius 1 is 1.11 bits per heavy atom. The first-order valence-corrected chi connectivity index (χ1v) is 10.6. The number of rotatable bonds is 4. The van der Waals surface area contributed by atoms with Crippen LogP contribution in [0, 0.1) is 23.7 Å². The summed E-state index contributed by atoms with van der Waals surface area (Å²) >= 11 is 0. The standard InChI is InChI=1S/C9H14O2.C6H14Si/c10-4-8-6-1-2-7(3-6)9(8)5-11;1-5-6-7(2,3)4/h1-2,6-11H,3-5H2;5H,1,6H2,2-4H3. The average molecular weight is 268 g/mol. The van der Waals surface area contributed by atoms with Crippen LogP contribution in [-0.4, -0.2) is 31.5 Å². The normalized spacial score (nSPS) is 33.2. The molecule has 2 nitrogen and oxygen atoms in total. The van der Waals surface area contributed by atoms with E-state index in [0.717, 1.165) is 6.42 Å². The van der Waals surface area contributed by atoms with Crippen LogP contribution >= 0.6 is 0 Å². The van der Waals surface area contributed by atoms with Gasteiger partial charge in [0.05, 0.1) is 0 Å². The first-order chi connectivity index (χ1) is 8.42. The maximum absolute atomic E-state index is 9.04. The van der Waals surface area contributed by atoms with Gasteiger partial charge in [0.1, 0.15) is 0 Å². The molecule has 0 saturated heterocycles. The number of hydrogen-bond donors (Lipinski definition) is 2. The molecule has 2 aliphatic rings. The van der Waals surface area contributed by atoms with Gasteiger partial charge < -0.3 is 10.2 Å². The van der Waals surface area contributed by atoms with E-state index in [4.69, 9.17) is 10.2 Å². The third-order valence-electron chi connectivity index (χ3n) is 3.98. The smallest absolute Gasteiger partial charge is 0.0480 e. The molecule has 2 rings (SSSR count). The van der Waals surface area contributed by atoms with E-state index in [0.29, 0.717) is 23.7 Å². The topological polar surface area (TPSA) is 40.5 Å². The minimum Gasteiger partial charge on any atom is -0.396 e. The molecule has 0 aromatic rings. The van der Waals surface area contributed by atoms with Crippen LogP contribution < -0.4 is 0 Å². The Morgan fingerprint density at radius 2 is 1.56 bits per heavy atom. The van der Waals surface area contributed by atoms with E-state index in [9.17, 15) is 0 Å². The highest BCUT2D eigenvalue weighted by Gasteiger charge is 2.43. The van der Waals surface area contributed by atoms with E-state index in [1.54, 1.807) is 0 Å². The fraction of sp³-hybridized carbons (Fsp3) is 0.733. The molecule has 18 heavy (non-hydrogen) atoms. The van der Waals surface area contributed by atoms with Gasteiger partial charge >= 0.3 is 0 Å². The van der Waals surface area contributed by atoms with Crippen molar-refractivity contribution >= 4 is 8.07 Å². The predicted molar refractivity (Wildman–Crippen MR) is 80.2 cm³/mol. The van der Waals surface area contributed by atoms with Crippen molar-refractivity contribution in [3.8, 4) is 0 Å². The lowest BCUT2D eigenvalue weighted by Crippen LogP contribution is -2.25. The van der Waals surface area contributed by atoms with Crippen molar-refractivity contribution in [2.45, 2.75) is 32.1 Å². The van der Waals surface area contributed by atoms with E-state index in [2.05, 4.69) is 38.4 Å². The second-order valence-corrected chi connectivity index (χ2v) is 12.2. The SMILES string of the molecule is C=CC[Si](C)(C)C.OCC1C2C=CC(C2)C1CO. The van der Waals surface area contributed by atoms with E-state index < -0.39 is 8.07 Å². The van der Waals surface area contributed by atoms with Crippen molar-refractivity contribution < 1.29 is 10.2 Å². The average Bonchev–Trinajstić information content (AvgIpc) is 2.86. The molecular formula is C15H28O2Si. The van der Waals surface area contributed by atoms with Crippen molar-refractivity contribution in [1.29, 1.82) is 0 Å². The number of aliphatic hydroxyl groups excluding tert-OH is 2. The largest absolute Gasteiger partial charge is 0.396 e. The molecule has 1 saturated carbocycles. The molecule has 3 heteroatoms. The summed E-state index contributed by atoms with van der Waals surface area (Å²) in [6.07, 6.45) is 7.55. The Morgan fingerprint density at radius 3 is 1.78 bits per heavy atom. The van der Waals surface area contributed by atoms with Crippen molar-refractivity contribution in [3.63, 3.8) is 0 Å². The molecule has 4 atom stereocenters. The van der Waals surface area contributed by atoms with Gasteiger partial charge in [-0.1, -0.05) is 37.9 Å². The number of allylic oxidation sites excluding steroid dienone is 3. The molecule has 0 radical (unpaired) electrons. The van der Waals surface area contributed by atoms with Crippen LogP contribution in [0.1, 0.15) is 6.42 Å². The maximum atomic E-state index is 9.04. The molecule has 1 fully saturated rings. The molecule has 0 aromatic heterocycles. The van der Waals surface area contributed by atoms with Gasteiger partial charge in [0.2, 0.25) is 0 Å². The summed E-state index contributed by atoms with van der Waals surface area (Å²) in [7, 11) is -0.775. The molecule has 0 aromatic carbocycles. The summed E-state index contributed by atoms with van der Waals surface area (Å²) < 4.78 is 0. The fourth-order valence-corrected chi connectivity index (χ4v) is 3.87. The van der Waals surface area contributed by atoms with Crippen LogP contribution in [-0.2, 0) is 0 Å². The van der Waals surface area contributed by atoms with Crippen LogP contribution in [0.4, 0.5) is 0 Å². The summed E-state index contributed by atoms with van der Waals surface area (Å²) in [6, 6.07) is 1.24. The highest BCUT2D eigenvalue weighted by atomic mass is 28.3. The summed E-state index contributed by atoms with van der Waals surface area (Å²) in [5.74, 6) is 1.74. The van der Waals surface area contributed by atoms with E-state index in [-0.39, 0.29) is 13.2 Å². The van der Waals surface area contributed by atoms with Crippen LogP contribution in [0.5, 0.6) is 0 Å². The zero-order chi connectivity index (χ0) is 13.8. The van der Waals surface area contributed by atoms with Crippen LogP contribution in [0.2, 0.25) is 25.7 Å². The van der Waals surface area contributed by atoms with Gasteiger partial charge in [0, 0.05) is 21.3 Å². The summed E-state index contributed by atoms with van der Waals surface area (Å²) in [6.45, 7) is 11.2. The van der Waals surface area contributed by atoms with Gasteiger partial charge in [-0.25, -0.2) is 0 Å². The van der Waals surface area contributed by atoms with E-state index in [1.807, 2.05) is 6.08 Å². The van der Waals surface area contributed by atoms with Gasteiger partial charge in [0.15, 0.2) is 0 Å². The van der Waals surface area contributed by atoms with Gasteiger partial charge in [0.25, 0.3) is 0 Å². The number of hydrogen-bond acceptors (Lipinski definition) is 2. The van der Waals surface area contributed by atoms with Gasteiger partial charge in [-0.15, -0.1) is 6.58 Å². The fourth-order valence-electron chi connectivity index (χ4n) is 3.00. The molecule has 0 amide bonds. The van der Waals surface area contributed by atoms with Crippen LogP contribution in [0.3, 0.4) is 0 Å². The highest BCUT2D eigenvalue weighted by molar-refractivity contribution is 6.76. The lowest BCUT2D eigenvalue weighted by atomic mass is 9.84. The zero-order valence-electron chi connectivity index (χ0n) is 12.0. The molecule has 2 bridgehead atoms. The zero-order valence-corrected chi connectivity index (χ0v) is 13.0. The Bertz CT molecular complexity index is 275. The molecular weight excluding hydrogens is 240 g/mol. The van der Waals surface area contributed by atoms with Crippen molar-refractivity contribution in [2.24, 2.45) is 23.7 Å². The molecule has 2 N–H and O–H groups in total. The summed E-state index contributed by atoms with van der Waals surface area (Å²) in [5, 5.41) is 18.1. The molecule has 0 heterocycles. The Labute approximate surface area is 112 Å². The number of aliphatic hydroxyl groups is 2. The van der Waals surface area contributed by atoms with Crippen molar-refractivity contribution in [3.05, 3.63) is 24.8 Å². The van der Waals surface area contributed by atoms with E-state index >= 15 is 0 Å². The Balaban J connectivity index is 0.000000203. The molecule has 0 aliphatic heterocycles. The third-order valence-corrected chi connectivity index (χ3v) is 5.49.